The number of rotatable bonds is 6. The fourth-order valence-corrected chi connectivity index (χ4v) is 3.44. The third-order valence-corrected chi connectivity index (χ3v) is 5.11. The van der Waals surface area contributed by atoms with Gasteiger partial charge in [0.25, 0.3) is 0 Å². The zero-order chi connectivity index (χ0) is 20.9. The van der Waals surface area contributed by atoms with Gasteiger partial charge in [-0.3, -0.25) is 9.59 Å². The number of anilines is 1. The van der Waals surface area contributed by atoms with E-state index in [2.05, 4.69) is 20.4 Å². The molecule has 1 N–H and O–H groups in total. The van der Waals surface area contributed by atoms with Crippen molar-refractivity contribution in [2.24, 2.45) is 5.92 Å². The highest BCUT2D eigenvalue weighted by atomic mass is 35.5. The summed E-state index contributed by atoms with van der Waals surface area (Å²) in [7, 11) is 0. The number of likely N-dealkylation sites (tertiary alicyclic amines) is 1. The van der Waals surface area contributed by atoms with Gasteiger partial charge in [-0.15, -0.1) is 0 Å². The van der Waals surface area contributed by atoms with Crippen molar-refractivity contribution in [3.8, 4) is 11.6 Å². The normalized spacial score (nSPS) is 16.4. The average molecular weight is 430 g/mol. The van der Waals surface area contributed by atoms with Gasteiger partial charge in [0, 0.05) is 32.1 Å². The summed E-state index contributed by atoms with van der Waals surface area (Å²) in [4.78, 5) is 35.2. The van der Waals surface area contributed by atoms with Crippen LogP contribution in [0.5, 0.6) is 0 Å². The van der Waals surface area contributed by atoms with Crippen molar-refractivity contribution in [3.63, 3.8) is 0 Å². The molecule has 0 saturated carbocycles. The van der Waals surface area contributed by atoms with Gasteiger partial charge in [-0.2, -0.15) is 4.98 Å². The number of hydrogen-bond acceptors (Lipinski definition) is 7. The van der Waals surface area contributed by atoms with Gasteiger partial charge in [0.2, 0.25) is 23.5 Å². The quantitative estimate of drug-likeness (QED) is 0.639. The number of nitrogens with one attached hydrogen (secondary N) is 1. The molecule has 4 rings (SSSR count). The monoisotopic (exact) mass is 429 g/mol. The van der Waals surface area contributed by atoms with E-state index in [1.54, 1.807) is 29.2 Å². The number of halogens is 1. The number of hydrogen-bond donors (Lipinski definition) is 1. The molecule has 0 aliphatic carbocycles. The summed E-state index contributed by atoms with van der Waals surface area (Å²) in [6.45, 7) is 1.00. The van der Waals surface area contributed by atoms with Crippen molar-refractivity contribution in [1.29, 1.82) is 0 Å². The molecule has 1 aliphatic rings. The first-order valence-corrected chi connectivity index (χ1v) is 10.0. The molecular formula is C20H20ClN5O4. The minimum Gasteiger partial charge on any atom is -0.461 e. The number of aryl methyl sites for hydroxylation is 1. The van der Waals surface area contributed by atoms with E-state index in [0.717, 1.165) is 12.8 Å². The first kappa shape index (κ1) is 20.1. The van der Waals surface area contributed by atoms with Gasteiger partial charge < -0.3 is 19.2 Å². The predicted octanol–water partition coefficient (Wildman–Crippen LogP) is 3.19. The Kier molecular flexibility index (Phi) is 6.08. The molecule has 3 aromatic rings. The Morgan fingerprint density at radius 1 is 1.30 bits per heavy atom. The molecule has 1 saturated heterocycles. The zero-order valence-electron chi connectivity index (χ0n) is 16.1. The van der Waals surface area contributed by atoms with Crippen LogP contribution in [-0.4, -0.2) is 44.9 Å². The molecule has 1 atom stereocenters. The standard InChI is InChI=1S/C20H20ClN5O4/c21-14-5-6-16(22-11-14)23-20(28)13-3-1-9-26(12-13)18(27)8-7-17-24-19(25-30-17)15-4-2-10-29-15/h2,4-6,10-11,13H,1,3,7-9,12H2,(H,22,23,28). The Hall–Kier alpha value is -3.20. The minimum absolute atomic E-state index is 0.0464. The fraction of sp³-hybridized carbons (Fsp3) is 0.350. The Morgan fingerprint density at radius 3 is 2.97 bits per heavy atom. The second-order valence-corrected chi connectivity index (χ2v) is 7.46. The summed E-state index contributed by atoms with van der Waals surface area (Å²) in [5.41, 5.74) is 0. The van der Waals surface area contributed by atoms with Crippen LogP contribution in [0.25, 0.3) is 11.6 Å². The lowest BCUT2D eigenvalue weighted by Crippen LogP contribution is -2.43. The molecule has 4 heterocycles. The van der Waals surface area contributed by atoms with E-state index in [4.69, 9.17) is 20.5 Å². The van der Waals surface area contributed by atoms with E-state index in [0.29, 0.717) is 47.8 Å². The van der Waals surface area contributed by atoms with Crippen molar-refractivity contribution >= 4 is 29.2 Å². The van der Waals surface area contributed by atoms with Gasteiger partial charge >= 0.3 is 0 Å². The molecule has 156 valence electrons. The van der Waals surface area contributed by atoms with E-state index in [1.807, 2.05) is 0 Å². The van der Waals surface area contributed by atoms with Crippen molar-refractivity contribution in [2.75, 3.05) is 18.4 Å². The molecule has 30 heavy (non-hydrogen) atoms. The Labute approximate surface area is 177 Å². The smallest absolute Gasteiger partial charge is 0.238 e. The Balaban J connectivity index is 1.29. The van der Waals surface area contributed by atoms with Crippen molar-refractivity contribution in [2.45, 2.75) is 25.7 Å². The topological polar surface area (TPSA) is 114 Å². The summed E-state index contributed by atoms with van der Waals surface area (Å²) in [5, 5.41) is 7.14. The lowest BCUT2D eigenvalue weighted by molar-refractivity contribution is -0.134. The van der Waals surface area contributed by atoms with Crippen LogP contribution in [0.3, 0.4) is 0 Å². The van der Waals surface area contributed by atoms with Crippen molar-refractivity contribution < 1.29 is 18.5 Å². The van der Waals surface area contributed by atoms with Gasteiger partial charge in [0.05, 0.1) is 17.2 Å². The fourth-order valence-electron chi connectivity index (χ4n) is 3.33. The molecule has 0 aromatic carbocycles. The van der Waals surface area contributed by atoms with Crippen LogP contribution in [0.15, 0.2) is 45.7 Å². The second-order valence-electron chi connectivity index (χ2n) is 7.02. The number of carbonyl (C=O) groups is 2. The lowest BCUT2D eigenvalue weighted by atomic mass is 9.96. The minimum atomic E-state index is -0.283. The van der Waals surface area contributed by atoms with Crippen LogP contribution < -0.4 is 5.32 Å². The number of amides is 2. The molecular weight excluding hydrogens is 410 g/mol. The molecule has 0 radical (unpaired) electrons. The maximum Gasteiger partial charge on any atom is 0.238 e. The number of carbonyl (C=O) groups excluding carboxylic acids is 2. The van der Waals surface area contributed by atoms with Crippen molar-refractivity contribution in [1.82, 2.24) is 20.0 Å². The Bertz CT molecular complexity index is 1000. The molecule has 1 aliphatic heterocycles. The van der Waals surface area contributed by atoms with Crippen LogP contribution in [0.2, 0.25) is 5.02 Å². The van der Waals surface area contributed by atoms with E-state index in [-0.39, 0.29) is 24.2 Å². The maximum atomic E-state index is 12.6. The Morgan fingerprint density at radius 2 is 2.20 bits per heavy atom. The number of aromatic nitrogens is 3. The second kappa shape index (κ2) is 9.08. The molecule has 2 amide bonds. The number of pyridine rings is 1. The largest absolute Gasteiger partial charge is 0.461 e. The molecule has 3 aromatic heterocycles. The lowest BCUT2D eigenvalue weighted by Gasteiger charge is -2.32. The van der Waals surface area contributed by atoms with Crippen LogP contribution in [0.4, 0.5) is 5.82 Å². The van der Waals surface area contributed by atoms with Crippen LogP contribution >= 0.6 is 11.6 Å². The van der Waals surface area contributed by atoms with Gasteiger partial charge in [-0.25, -0.2) is 4.98 Å². The highest BCUT2D eigenvalue weighted by Gasteiger charge is 2.28. The van der Waals surface area contributed by atoms with Gasteiger partial charge in [0.15, 0.2) is 5.76 Å². The summed E-state index contributed by atoms with van der Waals surface area (Å²) in [6.07, 6.45) is 5.05. The SMILES string of the molecule is O=C(Nc1ccc(Cl)cn1)C1CCCN(C(=O)CCc2nc(-c3ccco3)no2)C1. The van der Waals surface area contributed by atoms with E-state index in [1.165, 1.54) is 12.5 Å². The van der Waals surface area contributed by atoms with Gasteiger partial charge in [-0.05, 0) is 37.1 Å². The molecule has 10 heteroatoms. The summed E-state index contributed by atoms with van der Waals surface area (Å²) < 4.78 is 10.4. The van der Waals surface area contributed by atoms with Gasteiger partial charge in [-0.1, -0.05) is 16.8 Å². The number of nitrogens with zero attached hydrogens (tertiary/aromatic N) is 4. The third-order valence-electron chi connectivity index (χ3n) is 4.89. The van der Waals surface area contributed by atoms with E-state index >= 15 is 0 Å². The summed E-state index contributed by atoms with van der Waals surface area (Å²) >= 11 is 5.81. The van der Waals surface area contributed by atoms with Crippen LogP contribution in [0.1, 0.15) is 25.2 Å². The molecule has 1 unspecified atom stereocenters. The van der Waals surface area contributed by atoms with E-state index in [9.17, 15) is 9.59 Å². The third kappa shape index (κ3) is 4.85. The first-order valence-electron chi connectivity index (χ1n) is 9.65. The van der Waals surface area contributed by atoms with Crippen LogP contribution in [0, 0.1) is 5.92 Å². The summed E-state index contributed by atoms with van der Waals surface area (Å²) in [5.74, 6) is 1.20. The maximum absolute atomic E-state index is 12.6. The zero-order valence-corrected chi connectivity index (χ0v) is 16.8. The molecule has 0 spiro atoms. The van der Waals surface area contributed by atoms with Gasteiger partial charge in [0.1, 0.15) is 5.82 Å². The first-order chi connectivity index (χ1) is 14.6. The van der Waals surface area contributed by atoms with Crippen molar-refractivity contribution in [3.05, 3.63) is 47.6 Å². The highest BCUT2D eigenvalue weighted by Crippen LogP contribution is 2.21. The molecule has 0 bridgehead atoms. The highest BCUT2D eigenvalue weighted by molar-refractivity contribution is 6.30. The van der Waals surface area contributed by atoms with Crippen LogP contribution in [-0.2, 0) is 16.0 Å². The number of piperidine rings is 1. The average Bonchev–Trinajstić information content (AvgIpc) is 3.45. The number of furan rings is 1. The predicted molar refractivity (Wildman–Crippen MR) is 108 cm³/mol. The molecule has 9 nitrogen and oxygen atoms in total. The summed E-state index contributed by atoms with van der Waals surface area (Å²) in [6, 6.07) is 6.78. The van der Waals surface area contributed by atoms with E-state index < -0.39 is 0 Å². The molecule has 1 fully saturated rings.